The summed E-state index contributed by atoms with van der Waals surface area (Å²) < 4.78 is 0. The zero-order valence-corrected chi connectivity index (χ0v) is 10.1. The molecule has 2 unspecified atom stereocenters. The van der Waals surface area contributed by atoms with Gasteiger partial charge in [0.25, 0.3) is 0 Å². The topological polar surface area (TPSA) is 55.1 Å². The molecule has 2 atom stereocenters. The van der Waals surface area contributed by atoms with Crippen LogP contribution >= 0.6 is 0 Å². The molecule has 2 fully saturated rings. The number of hydrogen-bond donors (Lipinski definition) is 2. The average Bonchev–Trinajstić information content (AvgIpc) is 2.21. The van der Waals surface area contributed by atoms with Gasteiger partial charge in [-0.1, -0.05) is 25.7 Å². The van der Waals surface area contributed by atoms with Gasteiger partial charge in [-0.25, -0.2) is 0 Å². The number of carbonyl (C=O) groups excluding carboxylic acids is 1. The van der Waals surface area contributed by atoms with Gasteiger partial charge in [0.15, 0.2) is 0 Å². The van der Waals surface area contributed by atoms with E-state index in [0.29, 0.717) is 0 Å². The van der Waals surface area contributed by atoms with Gasteiger partial charge in [-0.3, -0.25) is 4.79 Å². The van der Waals surface area contributed by atoms with E-state index in [1.165, 1.54) is 25.7 Å². The van der Waals surface area contributed by atoms with E-state index in [-0.39, 0.29) is 17.9 Å². The van der Waals surface area contributed by atoms with E-state index >= 15 is 0 Å². The number of hydrogen-bond acceptors (Lipinski definition) is 2. The summed E-state index contributed by atoms with van der Waals surface area (Å²) in [5.41, 5.74) is 5.89. The zero-order valence-electron chi connectivity index (χ0n) is 10.1. The molecule has 3 heteroatoms. The van der Waals surface area contributed by atoms with Crippen LogP contribution in [-0.4, -0.2) is 18.5 Å². The Morgan fingerprint density at radius 1 is 1.19 bits per heavy atom. The van der Waals surface area contributed by atoms with Crippen LogP contribution in [0, 0.1) is 11.8 Å². The highest BCUT2D eigenvalue weighted by Crippen LogP contribution is 2.29. The fourth-order valence-corrected chi connectivity index (χ4v) is 2.79. The van der Waals surface area contributed by atoms with Crippen molar-refractivity contribution in [2.45, 2.75) is 57.4 Å². The standard InChI is InChI=1S/C13H24N2O/c14-12-6-2-5-11(9-12)13(16)15-8-7-10-3-1-4-10/h10-12H,1-9,14H2,(H,15,16). The minimum Gasteiger partial charge on any atom is -0.356 e. The van der Waals surface area contributed by atoms with Crippen molar-refractivity contribution in [3.63, 3.8) is 0 Å². The Balaban J connectivity index is 1.62. The van der Waals surface area contributed by atoms with Crippen molar-refractivity contribution >= 4 is 5.91 Å². The van der Waals surface area contributed by atoms with E-state index in [1.807, 2.05) is 0 Å². The van der Waals surface area contributed by atoms with E-state index in [2.05, 4.69) is 5.32 Å². The second-order valence-corrected chi connectivity index (χ2v) is 5.50. The number of nitrogens with one attached hydrogen (secondary N) is 1. The van der Waals surface area contributed by atoms with Crippen LogP contribution in [0.2, 0.25) is 0 Å². The van der Waals surface area contributed by atoms with Crippen molar-refractivity contribution in [1.82, 2.24) is 5.32 Å². The molecule has 2 saturated carbocycles. The quantitative estimate of drug-likeness (QED) is 0.765. The molecule has 0 saturated heterocycles. The van der Waals surface area contributed by atoms with Crippen molar-refractivity contribution in [2.24, 2.45) is 17.6 Å². The van der Waals surface area contributed by atoms with E-state index < -0.39 is 0 Å². The molecule has 3 N–H and O–H groups in total. The summed E-state index contributed by atoms with van der Waals surface area (Å²) in [6.45, 7) is 0.870. The lowest BCUT2D eigenvalue weighted by atomic mass is 9.83. The maximum absolute atomic E-state index is 11.9. The van der Waals surface area contributed by atoms with Gasteiger partial charge in [0.2, 0.25) is 5.91 Å². The highest BCUT2D eigenvalue weighted by molar-refractivity contribution is 5.78. The third-order valence-corrected chi connectivity index (χ3v) is 4.16. The summed E-state index contributed by atoms with van der Waals surface area (Å²) >= 11 is 0. The van der Waals surface area contributed by atoms with Crippen LogP contribution in [0.15, 0.2) is 0 Å². The normalized spacial score (nSPS) is 30.8. The Kier molecular flexibility index (Phi) is 4.22. The maximum Gasteiger partial charge on any atom is 0.223 e. The van der Waals surface area contributed by atoms with Gasteiger partial charge in [-0.2, -0.15) is 0 Å². The third-order valence-electron chi connectivity index (χ3n) is 4.16. The summed E-state index contributed by atoms with van der Waals surface area (Å²) in [4.78, 5) is 11.9. The van der Waals surface area contributed by atoms with Crippen LogP contribution in [0.4, 0.5) is 0 Å². The highest BCUT2D eigenvalue weighted by atomic mass is 16.1. The van der Waals surface area contributed by atoms with Gasteiger partial charge in [-0.15, -0.1) is 0 Å². The third kappa shape index (κ3) is 3.21. The first-order valence-electron chi connectivity index (χ1n) is 6.79. The van der Waals surface area contributed by atoms with Gasteiger partial charge in [0, 0.05) is 18.5 Å². The molecule has 2 aliphatic carbocycles. The molecule has 0 aromatic rings. The van der Waals surface area contributed by atoms with Crippen LogP contribution in [0.25, 0.3) is 0 Å². The number of rotatable bonds is 4. The summed E-state index contributed by atoms with van der Waals surface area (Å²) in [6, 6.07) is 0.246. The Labute approximate surface area is 98.2 Å². The SMILES string of the molecule is NC1CCCC(C(=O)NCCC2CCC2)C1. The molecule has 0 bridgehead atoms. The van der Waals surface area contributed by atoms with Gasteiger partial charge < -0.3 is 11.1 Å². The fraction of sp³-hybridized carbons (Fsp3) is 0.923. The predicted octanol–water partition coefficient (Wildman–Crippen LogP) is 1.81. The van der Waals surface area contributed by atoms with Crippen LogP contribution in [0.1, 0.15) is 51.4 Å². The van der Waals surface area contributed by atoms with Crippen LogP contribution in [0.5, 0.6) is 0 Å². The molecule has 1 amide bonds. The first kappa shape index (κ1) is 11.9. The molecule has 0 radical (unpaired) electrons. The molecule has 2 rings (SSSR count). The first-order chi connectivity index (χ1) is 7.75. The van der Waals surface area contributed by atoms with E-state index in [0.717, 1.165) is 38.1 Å². The van der Waals surface area contributed by atoms with E-state index in [9.17, 15) is 4.79 Å². The Hall–Kier alpha value is -0.570. The van der Waals surface area contributed by atoms with E-state index in [1.54, 1.807) is 0 Å². The minimum atomic E-state index is 0.185. The molecule has 0 aliphatic heterocycles. The molecule has 2 aliphatic rings. The molecule has 0 aromatic heterocycles. The Morgan fingerprint density at radius 3 is 2.56 bits per heavy atom. The highest BCUT2D eigenvalue weighted by Gasteiger charge is 2.25. The van der Waals surface area contributed by atoms with Gasteiger partial charge in [0.1, 0.15) is 0 Å². The number of amides is 1. The number of carbonyl (C=O) groups is 1. The van der Waals surface area contributed by atoms with Crippen molar-refractivity contribution < 1.29 is 4.79 Å². The molecule has 16 heavy (non-hydrogen) atoms. The lowest BCUT2D eigenvalue weighted by Crippen LogP contribution is -2.38. The van der Waals surface area contributed by atoms with Gasteiger partial charge >= 0.3 is 0 Å². The summed E-state index contributed by atoms with van der Waals surface area (Å²) in [5, 5.41) is 3.08. The molecule has 92 valence electrons. The largest absolute Gasteiger partial charge is 0.356 e. The average molecular weight is 224 g/mol. The van der Waals surface area contributed by atoms with Crippen molar-refractivity contribution in [3.05, 3.63) is 0 Å². The molecular weight excluding hydrogens is 200 g/mol. The Bertz CT molecular complexity index is 238. The minimum absolute atomic E-state index is 0.185. The van der Waals surface area contributed by atoms with Crippen molar-refractivity contribution in [1.29, 1.82) is 0 Å². The Morgan fingerprint density at radius 2 is 1.94 bits per heavy atom. The molecule has 0 aromatic carbocycles. The van der Waals surface area contributed by atoms with Gasteiger partial charge in [0.05, 0.1) is 0 Å². The predicted molar refractivity (Wildman–Crippen MR) is 64.9 cm³/mol. The molecular formula is C13H24N2O. The maximum atomic E-state index is 11.9. The van der Waals surface area contributed by atoms with Crippen molar-refractivity contribution in [3.8, 4) is 0 Å². The monoisotopic (exact) mass is 224 g/mol. The second-order valence-electron chi connectivity index (χ2n) is 5.50. The second kappa shape index (κ2) is 5.67. The van der Waals surface area contributed by atoms with Gasteiger partial charge in [-0.05, 0) is 31.6 Å². The summed E-state index contributed by atoms with van der Waals surface area (Å²) in [5.74, 6) is 1.31. The van der Waals surface area contributed by atoms with Crippen LogP contribution in [0.3, 0.4) is 0 Å². The molecule has 0 spiro atoms. The lowest BCUT2D eigenvalue weighted by Gasteiger charge is -2.27. The van der Waals surface area contributed by atoms with E-state index in [4.69, 9.17) is 5.73 Å². The van der Waals surface area contributed by atoms with Crippen LogP contribution in [-0.2, 0) is 4.79 Å². The number of nitrogens with two attached hydrogens (primary N) is 1. The molecule has 0 heterocycles. The zero-order chi connectivity index (χ0) is 11.4. The lowest BCUT2D eigenvalue weighted by molar-refractivity contribution is -0.126. The fourth-order valence-electron chi connectivity index (χ4n) is 2.79. The van der Waals surface area contributed by atoms with Crippen molar-refractivity contribution in [2.75, 3.05) is 6.54 Å². The smallest absolute Gasteiger partial charge is 0.223 e. The molecule has 3 nitrogen and oxygen atoms in total. The summed E-state index contributed by atoms with van der Waals surface area (Å²) in [7, 11) is 0. The van der Waals surface area contributed by atoms with Crippen LogP contribution < -0.4 is 11.1 Å². The first-order valence-corrected chi connectivity index (χ1v) is 6.79. The summed E-state index contributed by atoms with van der Waals surface area (Å²) in [6.07, 6.45) is 9.40.